The van der Waals surface area contributed by atoms with Crippen molar-refractivity contribution in [2.24, 2.45) is 0 Å². The quantitative estimate of drug-likeness (QED) is 0.831. The average Bonchev–Trinajstić information content (AvgIpc) is 3.00. The van der Waals surface area contributed by atoms with Crippen LogP contribution in [0.3, 0.4) is 0 Å². The number of carbonyl (C=O) groups excluding carboxylic acids is 1. The van der Waals surface area contributed by atoms with Crippen LogP contribution < -0.4 is 10.2 Å². The van der Waals surface area contributed by atoms with Crippen molar-refractivity contribution in [1.82, 2.24) is 20.0 Å². The molecule has 0 saturated carbocycles. The zero-order valence-corrected chi connectivity index (χ0v) is 11.6. The van der Waals surface area contributed by atoms with Crippen LogP contribution in [0.5, 0.6) is 0 Å². The summed E-state index contributed by atoms with van der Waals surface area (Å²) in [7, 11) is 0. The number of alkyl halides is 3. The Bertz CT molecular complexity index is 555. The Kier molecular flexibility index (Phi) is 3.73. The van der Waals surface area contributed by atoms with Gasteiger partial charge in [-0.2, -0.15) is 18.3 Å². The molecule has 10 heteroatoms. The maximum atomic E-state index is 12.3. The standard InChI is InChI=1S/C12H16F3N5O2/c13-12(14,15)10(21)7-18-4-9(5-18)20-6-8(3-17-20)19-2-1-16-11(19)22/h3,6,9-10,21H,1-2,4-5,7H2,(H,16,22). The number of urea groups is 1. The van der Waals surface area contributed by atoms with E-state index < -0.39 is 18.8 Å². The minimum Gasteiger partial charge on any atom is -0.382 e. The molecule has 22 heavy (non-hydrogen) atoms. The fraction of sp³-hybridized carbons (Fsp3) is 0.667. The lowest BCUT2D eigenvalue weighted by atomic mass is 10.1. The van der Waals surface area contributed by atoms with E-state index in [9.17, 15) is 18.0 Å². The highest BCUT2D eigenvalue weighted by Gasteiger charge is 2.41. The van der Waals surface area contributed by atoms with Crippen molar-refractivity contribution in [1.29, 1.82) is 0 Å². The Hall–Kier alpha value is -1.81. The summed E-state index contributed by atoms with van der Waals surface area (Å²) in [6, 6.07) is -0.220. The highest BCUT2D eigenvalue weighted by Crippen LogP contribution is 2.27. The molecule has 2 N–H and O–H groups in total. The van der Waals surface area contributed by atoms with Crippen molar-refractivity contribution in [3.05, 3.63) is 12.4 Å². The molecule has 2 amide bonds. The third-order valence-electron chi connectivity index (χ3n) is 3.88. The van der Waals surface area contributed by atoms with E-state index >= 15 is 0 Å². The summed E-state index contributed by atoms with van der Waals surface area (Å²) >= 11 is 0. The van der Waals surface area contributed by atoms with Gasteiger partial charge in [0.25, 0.3) is 0 Å². The number of aliphatic hydroxyl groups excluding tert-OH is 1. The van der Waals surface area contributed by atoms with Gasteiger partial charge in [-0.15, -0.1) is 0 Å². The lowest BCUT2D eigenvalue weighted by Crippen LogP contribution is -2.52. The predicted molar refractivity (Wildman–Crippen MR) is 70.5 cm³/mol. The summed E-state index contributed by atoms with van der Waals surface area (Å²) in [5.74, 6) is 0. The normalized spacial score (nSPS) is 21.8. The number of carbonyl (C=O) groups is 1. The van der Waals surface area contributed by atoms with Gasteiger partial charge in [-0.1, -0.05) is 0 Å². The van der Waals surface area contributed by atoms with Crippen molar-refractivity contribution >= 4 is 11.7 Å². The van der Waals surface area contributed by atoms with Crippen LogP contribution in [-0.4, -0.2) is 70.8 Å². The van der Waals surface area contributed by atoms with E-state index in [1.807, 2.05) is 0 Å². The number of nitrogens with one attached hydrogen (secondary N) is 1. The molecule has 0 aliphatic carbocycles. The first-order valence-corrected chi connectivity index (χ1v) is 6.91. The van der Waals surface area contributed by atoms with Crippen molar-refractivity contribution in [3.63, 3.8) is 0 Å². The third kappa shape index (κ3) is 2.88. The van der Waals surface area contributed by atoms with Crippen molar-refractivity contribution in [3.8, 4) is 0 Å². The smallest absolute Gasteiger partial charge is 0.382 e. The van der Waals surface area contributed by atoms with Gasteiger partial charge in [-0.05, 0) is 0 Å². The largest absolute Gasteiger partial charge is 0.415 e. The van der Waals surface area contributed by atoms with Gasteiger partial charge in [0.05, 0.1) is 17.9 Å². The number of nitrogens with zero attached hydrogens (tertiary/aromatic N) is 4. The molecule has 1 atom stereocenters. The van der Waals surface area contributed by atoms with Crippen molar-refractivity contribution in [2.45, 2.75) is 18.3 Å². The minimum absolute atomic E-state index is 0.0418. The molecule has 1 unspecified atom stereocenters. The van der Waals surface area contributed by atoms with Gasteiger partial charge in [0.15, 0.2) is 6.10 Å². The summed E-state index contributed by atoms with van der Waals surface area (Å²) in [6.07, 6.45) is -3.63. The molecule has 0 radical (unpaired) electrons. The SMILES string of the molecule is O=C1NCCN1c1cnn(C2CN(CC(O)C(F)(F)F)C2)c1. The first-order valence-electron chi connectivity index (χ1n) is 6.91. The van der Waals surface area contributed by atoms with Crippen molar-refractivity contribution < 1.29 is 23.1 Å². The second kappa shape index (κ2) is 5.43. The van der Waals surface area contributed by atoms with Crippen LogP contribution in [0.1, 0.15) is 6.04 Å². The van der Waals surface area contributed by atoms with Crippen LogP contribution in [0, 0.1) is 0 Å². The fourth-order valence-electron chi connectivity index (χ4n) is 2.59. The van der Waals surface area contributed by atoms with E-state index in [-0.39, 0.29) is 12.1 Å². The zero-order chi connectivity index (χ0) is 15.9. The number of aliphatic hydroxyl groups is 1. The highest BCUT2D eigenvalue weighted by molar-refractivity contribution is 5.93. The number of hydrogen-bond donors (Lipinski definition) is 2. The highest BCUT2D eigenvalue weighted by atomic mass is 19.4. The Balaban J connectivity index is 1.53. The van der Waals surface area contributed by atoms with Crippen LogP contribution >= 0.6 is 0 Å². The van der Waals surface area contributed by atoms with Crippen molar-refractivity contribution in [2.75, 3.05) is 37.6 Å². The summed E-state index contributed by atoms with van der Waals surface area (Å²) in [5.41, 5.74) is 0.670. The minimum atomic E-state index is -4.59. The zero-order valence-electron chi connectivity index (χ0n) is 11.6. The molecule has 2 fully saturated rings. The molecule has 1 aromatic rings. The number of anilines is 1. The number of amides is 2. The number of hydrogen-bond acceptors (Lipinski definition) is 4. The maximum Gasteiger partial charge on any atom is 0.415 e. The van der Waals surface area contributed by atoms with E-state index in [1.165, 1.54) is 4.90 Å². The summed E-state index contributed by atoms with van der Waals surface area (Å²) in [6.45, 7) is 1.50. The molecule has 122 valence electrons. The molecule has 1 aromatic heterocycles. The Morgan fingerprint density at radius 1 is 1.45 bits per heavy atom. The van der Waals surface area contributed by atoms with E-state index in [4.69, 9.17) is 5.11 Å². The lowest BCUT2D eigenvalue weighted by Gasteiger charge is -2.40. The second-order valence-electron chi connectivity index (χ2n) is 5.49. The number of halogens is 3. The van der Waals surface area contributed by atoms with Crippen LogP contribution in [0.25, 0.3) is 0 Å². The lowest BCUT2D eigenvalue weighted by molar-refractivity contribution is -0.211. The number of likely N-dealkylation sites (tertiary alicyclic amines) is 1. The monoisotopic (exact) mass is 319 g/mol. The Morgan fingerprint density at radius 2 is 2.18 bits per heavy atom. The van der Waals surface area contributed by atoms with Gasteiger partial charge in [-0.3, -0.25) is 14.5 Å². The van der Waals surface area contributed by atoms with Gasteiger partial charge >= 0.3 is 12.2 Å². The first kappa shape index (κ1) is 15.1. The average molecular weight is 319 g/mol. The molecule has 0 aromatic carbocycles. The predicted octanol–water partition coefficient (Wildman–Crippen LogP) is 0.193. The summed E-state index contributed by atoms with van der Waals surface area (Å²) < 4.78 is 38.4. The van der Waals surface area contributed by atoms with Gasteiger partial charge in [0.2, 0.25) is 0 Å². The number of β-amino-alcohol motifs (C(OH)–C–C–N with tert-alkyl or cyclic N) is 1. The molecule has 2 aliphatic rings. The third-order valence-corrected chi connectivity index (χ3v) is 3.88. The van der Waals surface area contributed by atoms with Gasteiger partial charge in [0.1, 0.15) is 0 Å². The van der Waals surface area contributed by atoms with Crippen LogP contribution in [0.4, 0.5) is 23.7 Å². The van der Waals surface area contributed by atoms with Crippen LogP contribution in [0.2, 0.25) is 0 Å². The molecule has 0 bridgehead atoms. The molecule has 7 nitrogen and oxygen atoms in total. The van der Waals surface area contributed by atoms with E-state index in [1.54, 1.807) is 22.0 Å². The van der Waals surface area contributed by atoms with Crippen LogP contribution in [-0.2, 0) is 0 Å². The van der Waals surface area contributed by atoms with Gasteiger partial charge < -0.3 is 10.4 Å². The fourth-order valence-corrected chi connectivity index (χ4v) is 2.59. The summed E-state index contributed by atoms with van der Waals surface area (Å²) in [5, 5.41) is 15.9. The Morgan fingerprint density at radius 3 is 2.77 bits per heavy atom. The van der Waals surface area contributed by atoms with Gasteiger partial charge in [0, 0.05) is 38.9 Å². The topological polar surface area (TPSA) is 73.6 Å². The molecular weight excluding hydrogens is 303 g/mol. The number of rotatable bonds is 4. The van der Waals surface area contributed by atoms with Gasteiger partial charge in [-0.25, -0.2) is 4.79 Å². The first-order chi connectivity index (χ1) is 10.3. The van der Waals surface area contributed by atoms with E-state index in [0.29, 0.717) is 31.9 Å². The molecule has 2 aliphatic heterocycles. The van der Waals surface area contributed by atoms with E-state index in [2.05, 4.69) is 10.4 Å². The molecule has 2 saturated heterocycles. The maximum absolute atomic E-state index is 12.3. The van der Waals surface area contributed by atoms with E-state index in [0.717, 1.165) is 0 Å². The van der Waals surface area contributed by atoms with Crippen LogP contribution in [0.15, 0.2) is 12.4 Å². The molecular formula is C12H16F3N5O2. The molecule has 3 rings (SSSR count). The molecule has 3 heterocycles. The Labute approximate surface area is 124 Å². The summed E-state index contributed by atoms with van der Waals surface area (Å²) in [4.78, 5) is 14.6. The molecule has 0 spiro atoms. The second-order valence-corrected chi connectivity index (χ2v) is 5.49. The number of aromatic nitrogens is 2.